The maximum atomic E-state index is 13.3. The predicted octanol–water partition coefficient (Wildman–Crippen LogP) is 3.26. The SMILES string of the molecule is CC(C)(C)Cc1ccc(F)c(O)c1F. The summed E-state index contributed by atoms with van der Waals surface area (Å²) in [6.45, 7) is 5.85. The standard InChI is InChI=1S/C11H14F2O/c1-11(2,3)6-7-4-5-8(12)10(14)9(7)13/h4-5,14H,6H2,1-3H3. The summed E-state index contributed by atoms with van der Waals surface area (Å²) < 4.78 is 26.0. The van der Waals surface area contributed by atoms with Gasteiger partial charge in [0.25, 0.3) is 0 Å². The van der Waals surface area contributed by atoms with E-state index >= 15 is 0 Å². The first-order valence-corrected chi connectivity index (χ1v) is 4.47. The van der Waals surface area contributed by atoms with Gasteiger partial charge in [-0.1, -0.05) is 26.8 Å². The molecule has 3 heteroatoms. The molecule has 1 rings (SSSR count). The Morgan fingerprint density at radius 1 is 1.21 bits per heavy atom. The topological polar surface area (TPSA) is 20.2 Å². The van der Waals surface area contributed by atoms with Crippen molar-refractivity contribution in [2.75, 3.05) is 0 Å². The Bertz CT molecular complexity index is 340. The first-order valence-electron chi connectivity index (χ1n) is 4.47. The summed E-state index contributed by atoms with van der Waals surface area (Å²) in [7, 11) is 0. The largest absolute Gasteiger partial charge is 0.503 e. The lowest BCUT2D eigenvalue weighted by molar-refractivity contribution is 0.373. The van der Waals surface area contributed by atoms with Gasteiger partial charge in [-0.3, -0.25) is 0 Å². The Kier molecular flexibility index (Phi) is 2.79. The van der Waals surface area contributed by atoms with E-state index in [9.17, 15) is 8.78 Å². The zero-order valence-corrected chi connectivity index (χ0v) is 8.56. The summed E-state index contributed by atoms with van der Waals surface area (Å²) in [5.41, 5.74) is 0.252. The van der Waals surface area contributed by atoms with Crippen LogP contribution < -0.4 is 0 Å². The number of rotatable bonds is 1. The molecule has 0 aliphatic rings. The van der Waals surface area contributed by atoms with Gasteiger partial charge in [0.2, 0.25) is 0 Å². The second-order valence-electron chi connectivity index (χ2n) is 4.61. The summed E-state index contributed by atoms with van der Waals surface area (Å²) >= 11 is 0. The molecule has 1 N–H and O–H groups in total. The molecule has 0 amide bonds. The molecular formula is C11H14F2O. The Hall–Kier alpha value is -1.12. The highest BCUT2D eigenvalue weighted by Gasteiger charge is 2.18. The first kappa shape index (κ1) is 11.0. The van der Waals surface area contributed by atoms with Crippen LogP contribution in [0, 0.1) is 17.0 Å². The van der Waals surface area contributed by atoms with Crippen molar-refractivity contribution < 1.29 is 13.9 Å². The van der Waals surface area contributed by atoms with Gasteiger partial charge >= 0.3 is 0 Å². The van der Waals surface area contributed by atoms with Crippen molar-refractivity contribution in [2.24, 2.45) is 5.41 Å². The maximum Gasteiger partial charge on any atom is 0.188 e. The summed E-state index contributed by atoms with van der Waals surface area (Å²) in [4.78, 5) is 0. The van der Waals surface area contributed by atoms with Gasteiger partial charge in [0.1, 0.15) is 0 Å². The van der Waals surface area contributed by atoms with E-state index in [1.165, 1.54) is 6.07 Å². The van der Waals surface area contributed by atoms with Crippen LogP contribution in [0.25, 0.3) is 0 Å². The molecule has 0 aliphatic carbocycles. The first-order chi connectivity index (χ1) is 6.31. The fourth-order valence-corrected chi connectivity index (χ4v) is 1.29. The second kappa shape index (κ2) is 3.56. The van der Waals surface area contributed by atoms with E-state index < -0.39 is 17.4 Å². The normalized spacial score (nSPS) is 11.8. The number of hydrogen-bond acceptors (Lipinski definition) is 1. The van der Waals surface area contributed by atoms with Crippen molar-refractivity contribution >= 4 is 0 Å². The number of aromatic hydroxyl groups is 1. The number of phenols is 1. The van der Waals surface area contributed by atoms with E-state index in [1.54, 1.807) is 0 Å². The molecule has 0 radical (unpaired) electrons. The summed E-state index contributed by atoms with van der Waals surface area (Å²) in [6, 6.07) is 2.45. The van der Waals surface area contributed by atoms with Crippen LogP contribution in [0.15, 0.2) is 12.1 Å². The molecule has 14 heavy (non-hydrogen) atoms. The zero-order valence-electron chi connectivity index (χ0n) is 8.56. The van der Waals surface area contributed by atoms with E-state index in [0.717, 1.165) is 6.07 Å². The van der Waals surface area contributed by atoms with Gasteiger partial charge < -0.3 is 5.11 Å². The van der Waals surface area contributed by atoms with Crippen molar-refractivity contribution in [3.8, 4) is 5.75 Å². The molecule has 1 aromatic carbocycles. The third kappa shape index (κ3) is 2.44. The molecule has 0 bridgehead atoms. The smallest absolute Gasteiger partial charge is 0.188 e. The van der Waals surface area contributed by atoms with Gasteiger partial charge in [-0.25, -0.2) is 8.78 Å². The highest BCUT2D eigenvalue weighted by Crippen LogP contribution is 2.28. The average Bonchev–Trinajstić information content (AvgIpc) is 2.04. The van der Waals surface area contributed by atoms with E-state index in [1.807, 2.05) is 20.8 Å². The lowest BCUT2D eigenvalue weighted by atomic mass is 9.88. The van der Waals surface area contributed by atoms with Crippen LogP contribution >= 0.6 is 0 Å². The number of halogens is 2. The summed E-state index contributed by atoms with van der Waals surface area (Å²) in [6.07, 6.45) is 0.465. The minimum absolute atomic E-state index is 0.0922. The van der Waals surface area contributed by atoms with E-state index in [2.05, 4.69) is 0 Å². The molecule has 0 saturated carbocycles. The molecule has 0 aliphatic heterocycles. The Morgan fingerprint density at radius 2 is 1.79 bits per heavy atom. The number of hydrogen-bond donors (Lipinski definition) is 1. The third-order valence-electron chi connectivity index (χ3n) is 1.87. The molecule has 0 unspecified atom stereocenters. The van der Waals surface area contributed by atoms with Crippen LogP contribution in [-0.4, -0.2) is 5.11 Å². The molecule has 0 heterocycles. The quantitative estimate of drug-likeness (QED) is 0.737. The highest BCUT2D eigenvalue weighted by molar-refractivity contribution is 5.32. The Labute approximate surface area is 82.4 Å². The molecular weight excluding hydrogens is 186 g/mol. The van der Waals surface area contributed by atoms with E-state index in [-0.39, 0.29) is 5.41 Å². The van der Waals surface area contributed by atoms with Gasteiger partial charge in [-0.15, -0.1) is 0 Å². The van der Waals surface area contributed by atoms with Crippen LogP contribution in [0.1, 0.15) is 26.3 Å². The summed E-state index contributed by atoms with van der Waals surface area (Å²) in [5, 5.41) is 9.03. The van der Waals surface area contributed by atoms with Crippen molar-refractivity contribution in [3.05, 3.63) is 29.3 Å². The minimum Gasteiger partial charge on any atom is -0.503 e. The lowest BCUT2D eigenvalue weighted by Gasteiger charge is -2.18. The van der Waals surface area contributed by atoms with Crippen molar-refractivity contribution in [1.82, 2.24) is 0 Å². The third-order valence-corrected chi connectivity index (χ3v) is 1.87. The fourth-order valence-electron chi connectivity index (χ4n) is 1.29. The minimum atomic E-state index is -0.917. The van der Waals surface area contributed by atoms with Crippen LogP contribution in [-0.2, 0) is 6.42 Å². The van der Waals surface area contributed by atoms with Gasteiger partial charge in [0.05, 0.1) is 0 Å². The van der Waals surface area contributed by atoms with Gasteiger partial charge in [-0.2, -0.15) is 0 Å². The summed E-state index contributed by atoms with van der Waals surface area (Å²) in [5.74, 6) is -2.65. The number of benzene rings is 1. The molecule has 0 spiro atoms. The lowest BCUT2D eigenvalue weighted by Crippen LogP contribution is -2.10. The van der Waals surface area contributed by atoms with Gasteiger partial charge in [0, 0.05) is 0 Å². The van der Waals surface area contributed by atoms with Crippen LogP contribution in [0.2, 0.25) is 0 Å². The fraction of sp³-hybridized carbons (Fsp3) is 0.455. The molecule has 78 valence electrons. The molecule has 1 nitrogen and oxygen atoms in total. The van der Waals surface area contributed by atoms with Gasteiger partial charge in [0.15, 0.2) is 17.4 Å². The molecule has 1 aromatic rings. The van der Waals surface area contributed by atoms with Gasteiger partial charge in [-0.05, 0) is 23.5 Å². The monoisotopic (exact) mass is 200 g/mol. The Balaban J connectivity index is 3.06. The number of phenolic OH excluding ortho intramolecular Hbond substituents is 1. The van der Waals surface area contributed by atoms with Crippen molar-refractivity contribution in [3.63, 3.8) is 0 Å². The highest BCUT2D eigenvalue weighted by atomic mass is 19.1. The Morgan fingerprint density at radius 3 is 2.29 bits per heavy atom. The zero-order chi connectivity index (χ0) is 10.9. The molecule has 0 aromatic heterocycles. The van der Waals surface area contributed by atoms with Crippen LogP contribution in [0.3, 0.4) is 0 Å². The van der Waals surface area contributed by atoms with Crippen molar-refractivity contribution in [1.29, 1.82) is 0 Å². The maximum absolute atomic E-state index is 13.3. The van der Waals surface area contributed by atoms with E-state index in [4.69, 9.17) is 5.11 Å². The molecule has 0 fully saturated rings. The van der Waals surface area contributed by atoms with Crippen molar-refractivity contribution in [2.45, 2.75) is 27.2 Å². The van der Waals surface area contributed by atoms with E-state index in [0.29, 0.717) is 12.0 Å². The molecule has 0 atom stereocenters. The average molecular weight is 200 g/mol. The second-order valence-corrected chi connectivity index (χ2v) is 4.61. The molecule has 0 saturated heterocycles. The predicted molar refractivity (Wildman–Crippen MR) is 51.2 cm³/mol. The van der Waals surface area contributed by atoms with Crippen LogP contribution in [0.4, 0.5) is 8.78 Å². The van der Waals surface area contributed by atoms with Crippen LogP contribution in [0.5, 0.6) is 5.75 Å².